The molecule has 1 aliphatic rings. The SMILES string of the molecule is COCCC1(C(=O)NCC(Cc2cccc(C)c2)C(=O)O)CC1. The van der Waals surface area contributed by atoms with Gasteiger partial charge in [0.05, 0.1) is 11.3 Å². The van der Waals surface area contributed by atoms with E-state index in [0.29, 0.717) is 19.4 Å². The van der Waals surface area contributed by atoms with E-state index >= 15 is 0 Å². The Morgan fingerprint density at radius 1 is 1.39 bits per heavy atom. The summed E-state index contributed by atoms with van der Waals surface area (Å²) in [6.45, 7) is 2.70. The predicted molar refractivity (Wildman–Crippen MR) is 87.2 cm³/mol. The lowest BCUT2D eigenvalue weighted by molar-refractivity contribution is -0.141. The van der Waals surface area contributed by atoms with E-state index in [1.165, 1.54) is 0 Å². The summed E-state index contributed by atoms with van der Waals surface area (Å²) in [5.74, 6) is -1.53. The van der Waals surface area contributed by atoms with Crippen molar-refractivity contribution in [2.75, 3.05) is 20.3 Å². The van der Waals surface area contributed by atoms with E-state index in [0.717, 1.165) is 24.0 Å². The zero-order chi connectivity index (χ0) is 16.9. The minimum Gasteiger partial charge on any atom is -0.481 e. The van der Waals surface area contributed by atoms with Gasteiger partial charge in [0.1, 0.15) is 0 Å². The highest BCUT2D eigenvalue weighted by Crippen LogP contribution is 2.48. The average Bonchev–Trinajstić information content (AvgIpc) is 3.30. The maximum absolute atomic E-state index is 12.3. The van der Waals surface area contributed by atoms with Gasteiger partial charge >= 0.3 is 5.97 Å². The third kappa shape index (κ3) is 4.79. The van der Waals surface area contributed by atoms with Gasteiger partial charge in [0, 0.05) is 20.3 Å². The molecule has 2 N–H and O–H groups in total. The molecule has 0 aliphatic heterocycles. The number of ether oxygens (including phenoxy) is 1. The number of carboxylic acid groups (broad SMARTS) is 1. The third-order valence-electron chi connectivity index (χ3n) is 4.54. The van der Waals surface area contributed by atoms with Gasteiger partial charge < -0.3 is 15.2 Å². The number of amides is 1. The van der Waals surface area contributed by atoms with Crippen LogP contribution in [0.5, 0.6) is 0 Å². The van der Waals surface area contributed by atoms with Crippen LogP contribution in [-0.4, -0.2) is 37.2 Å². The highest BCUT2D eigenvalue weighted by Gasteiger charge is 2.49. The summed E-state index contributed by atoms with van der Waals surface area (Å²) in [4.78, 5) is 23.8. The van der Waals surface area contributed by atoms with E-state index in [1.54, 1.807) is 7.11 Å². The summed E-state index contributed by atoms with van der Waals surface area (Å²) in [6.07, 6.45) is 2.84. The number of carbonyl (C=O) groups excluding carboxylic acids is 1. The lowest BCUT2D eigenvalue weighted by Gasteiger charge is -2.18. The number of benzene rings is 1. The molecule has 1 unspecified atom stereocenters. The highest BCUT2D eigenvalue weighted by molar-refractivity contribution is 5.85. The summed E-state index contributed by atoms with van der Waals surface area (Å²) < 4.78 is 5.05. The molecule has 2 rings (SSSR count). The molecule has 1 aliphatic carbocycles. The number of aliphatic carboxylic acids is 1. The summed E-state index contributed by atoms with van der Waals surface area (Å²) in [6, 6.07) is 7.81. The van der Waals surface area contributed by atoms with Crippen molar-refractivity contribution < 1.29 is 19.4 Å². The lowest BCUT2D eigenvalue weighted by Crippen LogP contribution is -2.38. The Bertz CT molecular complexity index is 566. The van der Waals surface area contributed by atoms with E-state index in [9.17, 15) is 14.7 Å². The predicted octanol–water partition coefficient (Wildman–Crippen LogP) is 2.17. The number of methoxy groups -OCH3 is 1. The molecule has 0 spiro atoms. The van der Waals surface area contributed by atoms with Crippen LogP contribution < -0.4 is 5.32 Å². The van der Waals surface area contributed by atoms with E-state index in [4.69, 9.17) is 4.74 Å². The van der Waals surface area contributed by atoms with Crippen LogP contribution in [0.2, 0.25) is 0 Å². The van der Waals surface area contributed by atoms with Crippen molar-refractivity contribution in [2.24, 2.45) is 11.3 Å². The molecule has 0 heterocycles. The number of rotatable bonds is 9. The smallest absolute Gasteiger partial charge is 0.308 e. The first-order valence-electron chi connectivity index (χ1n) is 8.02. The normalized spacial score (nSPS) is 16.6. The monoisotopic (exact) mass is 319 g/mol. The number of aryl methyl sites for hydroxylation is 1. The van der Waals surface area contributed by atoms with Gasteiger partial charge in [0.2, 0.25) is 5.91 Å². The minimum absolute atomic E-state index is 0.0370. The van der Waals surface area contributed by atoms with Crippen molar-refractivity contribution in [3.63, 3.8) is 0 Å². The number of carboxylic acids is 1. The molecule has 0 saturated heterocycles. The van der Waals surface area contributed by atoms with Gasteiger partial charge in [0.15, 0.2) is 0 Å². The van der Waals surface area contributed by atoms with Crippen LogP contribution >= 0.6 is 0 Å². The first-order chi connectivity index (χ1) is 11.0. The fourth-order valence-corrected chi connectivity index (χ4v) is 2.81. The van der Waals surface area contributed by atoms with Crippen molar-refractivity contribution in [3.05, 3.63) is 35.4 Å². The number of hydrogen-bond acceptors (Lipinski definition) is 3. The van der Waals surface area contributed by atoms with Crippen molar-refractivity contribution in [3.8, 4) is 0 Å². The topological polar surface area (TPSA) is 75.6 Å². The summed E-state index contributed by atoms with van der Waals surface area (Å²) in [5.41, 5.74) is 1.75. The van der Waals surface area contributed by atoms with Gasteiger partial charge in [0.25, 0.3) is 0 Å². The van der Waals surface area contributed by atoms with E-state index in [2.05, 4.69) is 5.32 Å². The van der Waals surface area contributed by atoms with Gasteiger partial charge in [-0.1, -0.05) is 29.8 Å². The minimum atomic E-state index is -0.881. The summed E-state index contributed by atoms with van der Waals surface area (Å²) >= 11 is 0. The first-order valence-corrected chi connectivity index (χ1v) is 8.02. The maximum atomic E-state index is 12.3. The van der Waals surface area contributed by atoms with Crippen LogP contribution in [0.1, 0.15) is 30.4 Å². The Kier molecular flexibility index (Phi) is 5.77. The van der Waals surface area contributed by atoms with Crippen LogP contribution in [0.15, 0.2) is 24.3 Å². The molecule has 5 heteroatoms. The largest absolute Gasteiger partial charge is 0.481 e. The van der Waals surface area contributed by atoms with Crippen LogP contribution in [-0.2, 0) is 20.7 Å². The Balaban J connectivity index is 1.90. The van der Waals surface area contributed by atoms with Gasteiger partial charge in [-0.05, 0) is 38.2 Å². The molecule has 0 aromatic heterocycles. The fourth-order valence-electron chi connectivity index (χ4n) is 2.81. The first kappa shape index (κ1) is 17.5. The van der Waals surface area contributed by atoms with Crippen LogP contribution in [0.25, 0.3) is 0 Å². The second kappa shape index (κ2) is 7.59. The van der Waals surface area contributed by atoms with E-state index < -0.39 is 11.9 Å². The molecule has 126 valence electrons. The van der Waals surface area contributed by atoms with Gasteiger partial charge in [-0.2, -0.15) is 0 Å². The van der Waals surface area contributed by atoms with Crippen molar-refractivity contribution in [1.82, 2.24) is 5.32 Å². The molecule has 1 atom stereocenters. The Morgan fingerprint density at radius 2 is 2.13 bits per heavy atom. The summed E-state index contributed by atoms with van der Waals surface area (Å²) in [5, 5.41) is 12.2. The molecule has 1 aromatic carbocycles. The molecule has 1 fully saturated rings. The fraction of sp³-hybridized carbons (Fsp3) is 0.556. The summed E-state index contributed by atoms with van der Waals surface area (Å²) in [7, 11) is 1.62. The number of hydrogen-bond donors (Lipinski definition) is 2. The van der Waals surface area contributed by atoms with Crippen LogP contribution in [0, 0.1) is 18.3 Å². The van der Waals surface area contributed by atoms with E-state index in [1.807, 2.05) is 31.2 Å². The molecule has 0 radical (unpaired) electrons. The van der Waals surface area contributed by atoms with Crippen molar-refractivity contribution >= 4 is 11.9 Å². The number of carbonyl (C=O) groups is 2. The maximum Gasteiger partial charge on any atom is 0.308 e. The molecular formula is C18H25NO4. The molecule has 23 heavy (non-hydrogen) atoms. The average molecular weight is 319 g/mol. The van der Waals surface area contributed by atoms with Crippen molar-refractivity contribution in [2.45, 2.75) is 32.6 Å². The highest BCUT2D eigenvalue weighted by atomic mass is 16.5. The Morgan fingerprint density at radius 3 is 2.70 bits per heavy atom. The second-order valence-corrected chi connectivity index (χ2v) is 6.46. The second-order valence-electron chi connectivity index (χ2n) is 6.46. The molecule has 1 amide bonds. The van der Waals surface area contributed by atoms with Gasteiger partial charge in [-0.25, -0.2) is 0 Å². The Labute approximate surface area is 137 Å². The quantitative estimate of drug-likeness (QED) is 0.731. The van der Waals surface area contributed by atoms with Crippen LogP contribution in [0.3, 0.4) is 0 Å². The molecule has 1 saturated carbocycles. The molecule has 1 aromatic rings. The zero-order valence-electron chi connectivity index (χ0n) is 13.8. The molecule has 5 nitrogen and oxygen atoms in total. The van der Waals surface area contributed by atoms with E-state index in [-0.39, 0.29) is 17.9 Å². The van der Waals surface area contributed by atoms with Gasteiger partial charge in [-0.3, -0.25) is 9.59 Å². The molecule has 0 bridgehead atoms. The van der Waals surface area contributed by atoms with Crippen LogP contribution in [0.4, 0.5) is 0 Å². The molecular weight excluding hydrogens is 294 g/mol. The standard InChI is InChI=1S/C18H25NO4/c1-13-4-3-5-14(10-13)11-15(16(20)21)12-19-17(22)18(6-7-18)8-9-23-2/h3-5,10,15H,6-9,11-12H2,1-2H3,(H,19,22)(H,20,21). The van der Waals surface area contributed by atoms with Crippen molar-refractivity contribution in [1.29, 1.82) is 0 Å². The third-order valence-corrected chi connectivity index (χ3v) is 4.54. The Hall–Kier alpha value is -1.88. The van der Waals surface area contributed by atoms with Gasteiger partial charge in [-0.15, -0.1) is 0 Å². The zero-order valence-corrected chi connectivity index (χ0v) is 13.8. The lowest BCUT2D eigenvalue weighted by atomic mass is 9.97. The number of nitrogens with one attached hydrogen (secondary N) is 1.